The van der Waals surface area contributed by atoms with Gasteiger partial charge in [0.1, 0.15) is 5.75 Å². The Hall–Kier alpha value is -2.01. The van der Waals surface area contributed by atoms with Crippen LogP contribution >= 0.6 is 11.6 Å². The van der Waals surface area contributed by atoms with Gasteiger partial charge in [0.05, 0.1) is 18.4 Å². The lowest BCUT2D eigenvalue weighted by Gasteiger charge is -2.12. The fourth-order valence-electron chi connectivity index (χ4n) is 1.70. The fourth-order valence-corrected chi connectivity index (χ4v) is 1.82. The molecule has 0 aliphatic rings. The number of ether oxygens (including phenoxy) is 1. The smallest absolute Gasteiger partial charge is 0.420 e. The molecule has 0 radical (unpaired) electrons. The number of halogens is 4. The predicted octanol–water partition coefficient (Wildman–Crippen LogP) is 5.12. The van der Waals surface area contributed by atoms with Gasteiger partial charge in [-0.25, -0.2) is 0 Å². The average molecular weight is 314 g/mol. The first-order chi connectivity index (χ1) is 9.90. The van der Waals surface area contributed by atoms with Gasteiger partial charge in [-0.15, -0.1) is 0 Å². The molecule has 2 nitrogen and oxygen atoms in total. The zero-order chi connectivity index (χ0) is 15.5. The first-order valence-corrected chi connectivity index (χ1v) is 6.33. The van der Waals surface area contributed by atoms with E-state index < -0.39 is 11.7 Å². The van der Waals surface area contributed by atoms with E-state index in [1.807, 2.05) is 0 Å². The highest BCUT2D eigenvalue weighted by Gasteiger charge is 2.34. The first kappa shape index (κ1) is 15.4. The molecule has 0 spiro atoms. The van der Waals surface area contributed by atoms with Crippen LogP contribution in [-0.4, -0.2) is 13.3 Å². The van der Waals surface area contributed by atoms with Gasteiger partial charge in [0.15, 0.2) is 0 Å². The van der Waals surface area contributed by atoms with Crippen LogP contribution in [0.1, 0.15) is 11.1 Å². The number of alkyl halides is 3. The van der Waals surface area contributed by atoms with Gasteiger partial charge in [-0.05, 0) is 35.9 Å². The third kappa shape index (κ3) is 3.98. The molecule has 0 aromatic heterocycles. The third-order valence-corrected chi connectivity index (χ3v) is 2.97. The highest BCUT2D eigenvalue weighted by Crippen LogP contribution is 2.38. The summed E-state index contributed by atoms with van der Waals surface area (Å²) in [5.74, 6) is -0.229. The van der Waals surface area contributed by atoms with Crippen molar-refractivity contribution in [1.29, 1.82) is 0 Å². The van der Waals surface area contributed by atoms with Crippen molar-refractivity contribution in [2.75, 3.05) is 7.11 Å². The van der Waals surface area contributed by atoms with Crippen LogP contribution in [0, 0.1) is 0 Å². The molecule has 110 valence electrons. The topological polar surface area (TPSA) is 21.6 Å². The van der Waals surface area contributed by atoms with Crippen LogP contribution in [-0.2, 0) is 6.18 Å². The summed E-state index contributed by atoms with van der Waals surface area (Å²) < 4.78 is 43.3. The molecule has 0 fully saturated rings. The van der Waals surface area contributed by atoms with Crippen LogP contribution in [0.15, 0.2) is 47.5 Å². The zero-order valence-corrected chi connectivity index (χ0v) is 11.7. The molecule has 0 atom stereocenters. The summed E-state index contributed by atoms with van der Waals surface area (Å²) in [6, 6.07) is 10.5. The molecule has 0 unspecified atom stereocenters. The molecule has 2 aromatic carbocycles. The number of hydrogen-bond donors (Lipinski definition) is 0. The molecular formula is C15H11ClF3NO. The van der Waals surface area contributed by atoms with E-state index in [-0.39, 0.29) is 11.4 Å². The van der Waals surface area contributed by atoms with Crippen LogP contribution in [0.4, 0.5) is 18.9 Å². The lowest BCUT2D eigenvalue weighted by molar-refractivity contribution is -0.138. The summed E-state index contributed by atoms with van der Waals surface area (Å²) in [5, 5.41) is 0.580. The van der Waals surface area contributed by atoms with E-state index in [4.69, 9.17) is 16.3 Å². The molecule has 6 heteroatoms. The summed E-state index contributed by atoms with van der Waals surface area (Å²) in [4.78, 5) is 4.03. The van der Waals surface area contributed by atoms with Gasteiger partial charge in [0.25, 0.3) is 0 Å². The number of hydrogen-bond acceptors (Lipinski definition) is 2. The summed E-state index contributed by atoms with van der Waals surface area (Å²) in [6.07, 6.45) is -3.02. The number of methoxy groups -OCH3 is 1. The molecule has 0 N–H and O–H groups in total. The maximum Gasteiger partial charge on any atom is 0.420 e. The molecule has 0 saturated carbocycles. The van der Waals surface area contributed by atoms with Gasteiger partial charge in [0.2, 0.25) is 0 Å². The van der Waals surface area contributed by atoms with Crippen molar-refractivity contribution in [3.05, 3.63) is 58.6 Å². The SMILES string of the molecule is COc1ccc(N=Cc2ccc(Cl)cc2)cc1C(F)(F)F. The molecule has 21 heavy (non-hydrogen) atoms. The highest BCUT2D eigenvalue weighted by atomic mass is 35.5. The second-order valence-corrected chi connectivity index (χ2v) is 4.63. The molecule has 2 rings (SSSR count). The van der Waals surface area contributed by atoms with Gasteiger partial charge >= 0.3 is 6.18 Å². The molecule has 0 aliphatic heterocycles. The van der Waals surface area contributed by atoms with Crippen molar-refractivity contribution in [3.63, 3.8) is 0 Å². The van der Waals surface area contributed by atoms with E-state index in [1.165, 1.54) is 25.5 Å². The molecule has 2 aromatic rings. The van der Waals surface area contributed by atoms with Crippen LogP contribution < -0.4 is 4.74 Å². The van der Waals surface area contributed by atoms with E-state index >= 15 is 0 Å². The normalized spacial score (nSPS) is 11.9. The Bertz CT molecular complexity index is 651. The second-order valence-electron chi connectivity index (χ2n) is 4.19. The lowest BCUT2D eigenvalue weighted by atomic mass is 10.1. The van der Waals surface area contributed by atoms with E-state index in [0.717, 1.165) is 11.6 Å². The van der Waals surface area contributed by atoms with E-state index in [9.17, 15) is 13.2 Å². The summed E-state index contributed by atoms with van der Waals surface area (Å²) in [5.41, 5.74) is 0.0811. The Balaban J connectivity index is 2.30. The van der Waals surface area contributed by atoms with Gasteiger partial charge < -0.3 is 4.74 Å². The minimum Gasteiger partial charge on any atom is -0.496 e. The van der Waals surface area contributed by atoms with Gasteiger partial charge in [-0.2, -0.15) is 13.2 Å². The van der Waals surface area contributed by atoms with Crippen LogP contribution in [0.3, 0.4) is 0 Å². The largest absolute Gasteiger partial charge is 0.496 e. The maximum absolute atomic E-state index is 12.9. The number of aliphatic imine (C=N–C) groups is 1. The maximum atomic E-state index is 12.9. The van der Waals surface area contributed by atoms with Gasteiger partial charge in [-0.1, -0.05) is 23.7 Å². The van der Waals surface area contributed by atoms with Crippen LogP contribution in [0.2, 0.25) is 5.02 Å². The monoisotopic (exact) mass is 313 g/mol. The van der Waals surface area contributed by atoms with Crippen molar-refractivity contribution in [3.8, 4) is 5.75 Å². The van der Waals surface area contributed by atoms with E-state index in [2.05, 4.69) is 4.99 Å². The summed E-state index contributed by atoms with van der Waals surface area (Å²) in [6.45, 7) is 0. The molecular weight excluding hydrogens is 303 g/mol. The van der Waals surface area contributed by atoms with Crippen molar-refractivity contribution < 1.29 is 17.9 Å². The number of rotatable bonds is 3. The fraction of sp³-hybridized carbons (Fsp3) is 0.133. The average Bonchev–Trinajstić information content (AvgIpc) is 2.45. The standard InChI is InChI=1S/C15H11ClF3NO/c1-21-14-7-6-12(8-13(14)15(17,18)19)20-9-10-2-4-11(16)5-3-10/h2-9H,1H3. The Morgan fingerprint density at radius 2 is 1.76 bits per heavy atom. The first-order valence-electron chi connectivity index (χ1n) is 5.95. The van der Waals surface area contributed by atoms with Gasteiger partial charge in [-0.3, -0.25) is 4.99 Å². The van der Waals surface area contributed by atoms with E-state index in [0.29, 0.717) is 5.02 Å². The third-order valence-electron chi connectivity index (χ3n) is 2.72. The number of nitrogens with zero attached hydrogens (tertiary/aromatic N) is 1. The van der Waals surface area contributed by atoms with Crippen LogP contribution in [0.5, 0.6) is 5.75 Å². The number of benzene rings is 2. The molecule has 0 amide bonds. The van der Waals surface area contributed by atoms with Crippen molar-refractivity contribution in [2.45, 2.75) is 6.18 Å². The lowest BCUT2D eigenvalue weighted by Crippen LogP contribution is -2.07. The Morgan fingerprint density at radius 1 is 1.10 bits per heavy atom. The van der Waals surface area contributed by atoms with Crippen molar-refractivity contribution >= 4 is 23.5 Å². The molecule has 0 heterocycles. The van der Waals surface area contributed by atoms with Gasteiger partial charge in [0, 0.05) is 11.2 Å². The summed E-state index contributed by atoms with van der Waals surface area (Å²) in [7, 11) is 1.20. The highest BCUT2D eigenvalue weighted by molar-refractivity contribution is 6.30. The van der Waals surface area contributed by atoms with Crippen molar-refractivity contribution in [1.82, 2.24) is 0 Å². The Morgan fingerprint density at radius 3 is 2.33 bits per heavy atom. The minimum absolute atomic E-state index is 0.193. The zero-order valence-electron chi connectivity index (χ0n) is 11.0. The second kappa shape index (κ2) is 6.18. The molecule has 0 bridgehead atoms. The minimum atomic E-state index is -4.49. The molecule has 0 saturated heterocycles. The van der Waals surface area contributed by atoms with Crippen molar-refractivity contribution in [2.24, 2.45) is 4.99 Å². The predicted molar refractivity (Wildman–Crippen MR) is 76.7 cm³/mol. The Labute approximate surface area is 124 Å². The Kier molecular flexibility index (Phi) is 4.53. The molecule has 0 aliphatic carbocycles. The quantitative estimate of drug-likeness (QED) is 0.721. The van der Waals surface area contributed by atoms with E-state index in [1.54, 1.807) is 24.3 Å². The van der Waals surface area contributed by atoms with Crippen LogP contribution in [0.25, 0.3) is 0 Å². The summed E-state index contributed by atoms with van der Waals surface area (Å²) >= 11 is 5.75.